The number of hydrogen-bond donors (Lipinski definition) is 0. The monoisotopic (exact) mass is 339 g/mol. The minimum absolute atomic E-state index is 0.519. The van der Waals surface area contributed by atoms with Crippen molar-refractivity contribution in [2.45, 2.75) is 0 Å². The molecule has 112 valence electrons. The zero-order valence-corrected chi connectivity index (χ0v) is 13.5. The van der Waals surface area contributed by atoms with E-state index in [1.165, 1.54) is 0 Å². The van der Waals surface area contributed by atoms with Gasteiger partial charge in [-0.3, -0.25) is 0 Å². The van der Waals surface area contributed by atoms with Gasteiger partial charge in [-0.25, -0.2) is 0 Å². The largest absolute Gasteiger partial charge is 0.457 e. The van der Waals surface area contributed by atoms with E-state index in [1.807, 2.05) is 36.4 Å². The van der Waals surface area contributed by atoms with Crippen LogP contribution in [0, 0.1) is 11.3 Å². The zero-order chi connectivity index (χ0) is 16.2. The van der Waals surface area contributed by atoms with Crippen LogP contribution in [0.2, 0.25) is 10.0 Å². The predicted octanol–water partition coefficient (Wildman–Crippen LogP) is 6.32. The second-order valence-electron chi connectivity index (χ2n) is 4.86. The Morgan fingerprint density at radius 1 is 1.00 bits per heavy atom. The summed E-state index contributed by atoms with van der Waals surface area (Å²) in [5.74, 6) is 1.22. The van der Waals surface area contributed by atoms with Crippen molar-refractivity contribution in [3.05, 3.63) is 82.0 Å². The fourth-order valence-electron chi connectivity index (χ4n) is 2.20. The highest BCUT2D eigenvalue weighted by Gasteiger charge is 2.09. The van der Waals surface area contributed by atoms with Gasteiger partial charge in [0, 0.05) is 10.6 Å². The van der Waals surface area contributed by atoms with Crippen LogP contribution in [0.15, 0.2) is 65.1 Å². The second kappa shape index (κ2) is 6.75. The molecule has 4 heteroatoms. The Kier molecular flexibility index (Phi) is 4.52. The molecule has 0 unspecified atom stereocenters. The molecule has 3 aromatic rings. The SMILES string of the molecule is N#CC(=Cc1ccc(-c2ccc(Cl)cc2Cl)o1)c1ccccc1. The van der Waals surface area contributed by atoms with Crippen LogP contribution in [0.3, 0.4) is 0 Å². The smallest absolute Gasteiger partial charge is 0.136 e. The first-order chi connectivity index (χ1) is 11.2. The zero-order valence-electron chi connectivity index (χ0n) is 12.0. The van der Waals surface area contributed by atoms with Crippen LogP contribution in [-0.4, -0.2) is 0 Å². The summed E-state index contributed by atoms with van der Waals surface area (Å²) in [6.45, 7) is 0. The van der Waals surface area contributed by atoms with E-state index in [0.29, 0.717) is 27.1 Å². The van der Waals surface area contributed by atoms with Crippen LogP contribution in [0.25, 0.3) is 23.0 Å². The van der Waals surface area contributed by atoms with E-state index < -0.39 is 0 Å². The van der Waals surface area contributed by atoms with E-state index in [4.69, 9.17) is 27.6 Å². The molecule has 0 fully saturated rings. The van der Waals surface area contributed by atoms with E-state index in [9.17, 15) is 5.26 Å². The first-order valence-electron chi connectivity index (χ1n) is 6.90. The van der Waals surface area contributed by atoms with Crippen molar-refractivity contribution in [3.8, 4) is 17.4 Å². The number of furan rings is 1. The molecule has 23 heavy (non-hydrogen) atoms. The van der Waals surface area contributed by atoms with Gasteiger partial charge in [-0.2, -0.15) is 5.26 Å². The van der Waals surface area contributed by atoms with Gasteiger partial charge >= 0.3 is 0 Å². The van der Waals surface area contributed by atoms with Gasteiger partial charge in [0.15, 0.2) is 0 Å². The molecule has 2 aromatic carbocycles. The Bertz CT molecular complexity index is 905. The molecule has 0 aliphatic carbocycles. The number of rotatable bonds is 3. The molecule has 0 aliphatic heterocycles. The quantitative estimate of drug-likeness (QED) is 0.523. The highest BCUT2D eigenvalue weighted by atomic mass is 35.5. The highest BCUT2D eigenvalue weighted by Crippen LogP contribution is 2.32. The van der Waals surface area contributed by atoms with Crippen LogP contribution in [0.4, 0.5) is 0 Å². The topological polar surface area (TPSA) is 36.9 Å². The Morgan fingerprint density at radius 2 is 1.78 bits per heavy atom. The van der Waals surface area contributed by atoms with Crippen molar-refractivity contribution in [2.24, 2.45) is 0 Å². The lowest BCUT2D eigenvalue weighted by atomic mass is 10.1. The van der Waals surface area contributed by atoms with Crippen molar-refractivity contribution in [3.63, 3.8) is 0 Å². The van der Waals surface area contributed by atoms with E-state index >= 15 is 0 Å². The van der Waals surface area contributed by atoms with Gasteiger partial charge < -0.3 is 4.42 Å². The number of allylic oxidation sites excluding steroid dienone is 1. The predicted molar refractivity (Wildman–Crippen MR) is 94.1 cm³/mol. The third kappa shape index (κ3) is 3.48. The lowest BCUT2D eigenvalue weighted by Gasteiger charge is -2.01. The highest BCUT2D eigenvalue weighted by molar-refractivity contribution is 6.36. The lowest BCUT2D eigenvalue weighted by Crippen LogP contribution is -1.80. The van der Waals surface area contributed by atoms with Gasteiger partial charge in [0.1, 0.15) is 11.5 Å². The van der Waals surface area contributed by atoms with Gasteiger partial charge in [0.25, 0.3) is 0 Å². The van der Waals surface area contributed by atoms with Crippen molar-refractivity contribution in [1.82, 2.24) is 0 Å². The number of hydrogen-bond acceptors (Lipinski definition) is 2. The van der Waals surface area contributed by atoms with Crippen molar-refractivity contribution >= 4 is 34.9 Å². The average molecular weight is 340 g/mol. The summed E-state index contributed by atoms with van der Waals surface area (Å²) in [5, 5.41) is 10.4. The molecule has 0 atom stereocenters. The molecule has 0 aliphatic rings. The van der Waals surface area contributed by atoms with Crippen LogP contribution in [0.1, 0.15) is 11.3 Å². The third-order valence-corrected chi connectivity index (χ3v) is 3.86. The standard InChI is InChI=1S/C19H11Cl2NO/c20-15-6-8-17(18(21)11-15)19-9-7-16(23-19)10-14(12-22)13-4-2-1-3-5-13/h1-11H. The van der Waals surface area contributed by atoms with Gasteiger partial charge in [-0.1, -0.05) is 53.5 Å². The van der Waals surface area contributed by atoms with E-state index in [-0.39, 0.29) is 0 Å². The molecular weight excluding hydrogens is 329 g/mol. The maximum absolute atomic E-state index is 9.34. The third-order valence-electron chi connectivity index (χ3n) is 3.32. The van der Waals surface area contributed by atoms with E-state index in [0.717, 1.165) is 11.1 Å². The van der Waals surface area contributed by atoms with Crippen molar-refractivity contribution in [1.29, 1.82) is 5.26 Å². The molecule has 0 bridgehead atoms. The normalized spacial score (nSPS) is 11.3. The van der Waals surface area contributed by atoms with Gasteiger partial charge in [0.2, 0.25) is 0 Å². The maximum Gasteiger partial charge on any atom is 0.136 e. The molecule has 0 amide bonds. The first kappa shape index (κ1) is 15.4. The molecule has 1 aromatic heterocycles. The Balaban J connectivity index is 1.96. The Hall–Kier alpha value is -2.47. The number of benzene rings is 2. The molecule has 3 rings (SSSR count). The molecule has 1 heterocycles. The maximum atomic E-state index is 9.34. The van der Waals surface area contributed by atoms with Gasteiger partial charge in [-0.05, 0) is 42.0 Å². The fourth-order valence-corrected chi connectivity index (χ4v) is 2.71. The number of nitrogens with zero attached hydrogens (tertiary/aromatic N) is 1. The van der Waals surface area contributed by atoms with E-state index in [2.05, 4.69) is 6.07 Å². The Morgan fingerprint density at radius 3 is 2.48 bits per heavy atom. The summed E-state index contributed by atoms with van der Waals surface area (Å²) in [5.41, 5.74) is 2.14. The fraction of sp³-hybridized carbons (Fsp3) is 0. The minimum atomic E-state index is 0.519. The molecular formula is C19H11Cl2NO. The summed E-state index contributed by atoms with van der Waals surface area (Å²) in [6.07, 6.45) is 1.71. The summed E-state index contributed by atoms with van der Waals surface area (Å²) in [4.78, 5) is 0. The molecule has 0 radical (unpaired) electrons. The molecule has 0 saturated heterocycles. The van der Waals surface area contributed by atoms with Crippen LogP contribution >= 0.6 is 23.2 Å². The average Bonchev–Trinajstić information content (AvgIpc) is 3.01. The van der Waals surface area contributed by atoms with Gasteiger partial charge in [-0.15, -0.1) is 0 Å². The van der Waals surface area contributed by atoms with Crippen LogP contribution < -0.4 is 0 Å². The van der Waals surface area contributed by atoms with Crippen LogP contribution in [-0.2, 0) is 0 Å². The van der Waals surface area contributed by atoms with E-state index in [1.54, 1.807) is 30.3 Å². The molecule has 0 spiro atoms. The van der Waals surface area contributed by atoms with Crippen molar-refractivity contribution < 1.29 is 4.42 Å². The summed E-state index contributed by atoms with van der Waals surface area (Å²) in [6, 6.07) is 20.5. The molecule has 2 nitrogen and oxygen atoms in total. The number of nitriles is 1. The summed E-state index contributed by atoms with van der Waals surface area (Å²) >= 11 is 12.1. The summed E-state index contributed by atoms with van der Waals surface area (Å²) < 4.78 is 5.79. The van der Waals surface area contributed by atoms with Gasteiger partial charge in [0.05, 0.1) is 16.7 Å². The first-order valence-corrected chi connectivity index (χ1v) is 7.65. The molecule has 0 saturated carbocycles. The second-order valence-corrected chi connectivity index (χ2v) is 5.71. The minimum Gasteiger partial charge on any atom is -0.457 e. The lowest BCUT2D eigenvalue weighted by molar-refractivity contribution is 0.572. The van der Waals surface area contributed by atoms with Crippen LogP contribution in [0.5, 0.6) is 0 Å². The molecule has 0 N–H and O–H groups in total. The number of halogens is 2. The summed E-state index contributed by atoms with van der Waals surface area (Å²) in [7, 11) is 0. The Labute approximate surface area is 144 Å². The van der Waals surface area contributed by atoms with Crippen molar-refractivity contribution in [2.75, 3.05) is 0 Å².